The van der Waals surface area contributed by atoms with Gasteiger partial charge in [0.2, 0.25) is 11.6 Å². The fraction of sp³-hybridized carbons (Fsp3) is 0.100. The van der Waals surface area contributed by atoms with Crippen molar-refractivity contribution in [1.82, 2.24) is 0 Å². The van der Waals surface area contributed by atoms with E-state index < -0.39 is 40.6 Å². The highest BCUT2D eigenvalue weighted by Gasteiger charge is 2.25. The highest BCUT2D eigenvalue weighted by Crippen LogP contribution is 2.29. The molecule has 1 aromatic carbocycles. The summed E-state index contributed by atoms with van der Waals surface area (Å²) in [7, 11) is 0. The molecule has 2 nitrogen and oxygen atoms in total. The first-order valence-electron chi connectivity index (χ1n) is 4.07. The molecule has 0 heterocycles. The molecule has 0 saturated heterocycles. The normalized spacial score (nSPS) is 10.1. The van der Waals surface area contributed by atoms with Gasteiger partial charge in [0.25, 0.3) is 0 Å². The largest absolute Gasteiger partial charge is 0.420 e. The predicted octanol–water partition coefficient (Wildman–Crippen LogP) is 2.64. The van der Waals surface area contributed by atoms with Crippen molar-refractivity contribution in [2.45, 2.75) is 6.92 Å². The number of carbonyl (C=O) groups is 1. The minimum atomic E-state index is -2.03. The van der Waals surface area contributed by atoms with Crippen LogP contribution >= 0.6 is 0 Å². The molecule has 0 aliphatic heterocycles. The molecule has 86 valence electrons. The smallest absolute Gasteiger partial charge is 0.335 e. The molecule has 0 aliphatic carbocycles. The van der Waals surface area contributed by atoms with E-state index in [4.69, 9.17) is 0 Å². The van der Waals surface area contributed by atoms with Crippen LogP contribution < -0.4 is 4.74 Å². The number of rotatable bonds is 2. The molecule has 0 spiro atoms. The van der Waals surface area contributed by atoms with E-state index in [0.717, 1.165) is 6.92 Å². The van der Waals surface area contributed by atoms with Crippen LogP contribution in [-0.2, 0) is 4.79 Å². The highest BCUT2D eigenvalue weighted by molar-refractivity contribution is 5.83. The average Bonchev–Trinajstić information content (AvgIpc) is 2.29. The molecule has 0 aliphatic rings. The maximum Gasteiger partial charge on any atom is 0.335 e. The van der Waals surface area contributed by atoms with Crippen LogP contribution in [0.5, 0.6) is 5.75 Å². The molecule has 0 unspecified atom stereocenters. The molecule has 0 atom stereocenters. The summed E-state index contributed by atoms with van der Waals surface area (Å²) in [4.78, 5) is 10.7. The molecule has 0 amide bonds. The van der Waals surface area contributed by atoms with Crippen molar-refractivity contribution in [2.75, 3.05) is 0 Å². The highest BCUT2D eigenvalue weighted by atomic mass is 19.2. The minimum Gasteiger partial charge on any atom is -0.420 e. The molecule has 0 aromatic heterocycles. The Kier molecular flexibility index (Phi) is 3.31. The van der Waals surface area contributed by atoms with Gasteiger partial charge in [-0.1, -0.05) is 6.58 Å². The van der Waals surface area contributed by atoms with Crippen molar-refractivity contribution < 1.29 is 27.1 Å². The van der Waals surface area contributed by atoms with E-state index in [2.05, 4.69) is 11.3 Å². The summed E-state index contributed by atoms with van der Waals surface area (Å²) >= 11 is 0. The van der Waals surface area contributed by atoms with Crippen molar-refractivity contribution in [1.29, 1.82) is 0 Å². The Morgan fingerprint density at radius 2 is 1.62 bits per heavy atom. The van der Waals surface area contributed by atoms with E-state index in [1.807, 2.05) is 0 Å². The SMILES string of the molecule is C=CC(=O)Oc1c(C)c(F)c(F)c(F)c1F. The maximum absolute atomic E-state index is 13.1. The summed E-state index contributed by atoms with van der Waals surface area (Å²) < 4.78 is 55.8. The number of carbonyl (C=O) groups excluding carboxylic acids is 1. The van der Waals surface area contributed by atoms with E-state index >= 15 is 0 Å². The predicted molar refractivity (Wildman–Crippen MR) is 46.8 cm³/mol. The van der Waals surface area contributed by atoms with Crippen LogP contribution in [0.15, 0.2) is 12.7 Å². The summed E-state index contributed by atoms with van der Waals surface area (Å²) in [5.74, 6) is -9.44. The summed E-state index contributed by atoms with van der Waals surface area (Å²) in [6.07, 6.45) is 0.679. The van der Waals surface area contributed by atoms with Gasteiger partial charge in [-0.25, -0.2) is 18.0 Å². The standard InChI is InChI=1S/C10H6F4O2/c1-3-5(15)16-10-4(2)6(11)7(12)8(13)9(10)14/h3H,1H2,2H3. The van der Waals surface area contributed by atoms with Crippen molar-refractivity contribution in [3.05, 3.63) is 41.5 Å². The summed E-state index contributed by atoms with van der Waals surface area (Å²) in [5.41, 5.74) is -0.633. The van der Waals surface area contributed by atoms with Crippen LogP contribution in [0.1, 0.15) is 5.56 Å². The van der Waals surface area contributed by atoms with Gasteiger partial charge in [0, 0.05) is 11.6 Å². The number of hydrogen-bond donors (Lipinski definition) is 0. The second kappa shape index (κ2) is 4.34. The van der Waals surface area contributed by atoms with Crippen LogP contribution in [0.2, 0.25) is 0 Å². The Labute approximate surface area is 88.1 Å². The van der Waals surface area contributed by atoms with Crippen LogP contribution in [0, 0.1) is 30.2 Å². The molecule has 6 heteroatoms. The van der Waals surface area contributed by atoms with Crippen molar-refractivity contribution in [2.24, 2.45) is 0 Å². The lowest BCUT2D eigenvalue weighted by Gasteiger charge is -2.09. The third kappa shape index (κ3) is 1.91. The van der Waals surface area contributed by atoms with Gasteiger partial charge in [-0.3, -0.25) is 0 Å². The molecule has 1 aromatic rings. The first-order chi connectivity index (χ1) is 7.40. The van der Waals surface area contributed by atoms with Crippen molar-refractivity contribution in [3.63, 3.8) is 0 Å². The number of hydrogen-bond acceptors (Lipinski definition) is 2. The van der Waals surface area contributed by atoms with Gasteiger partial charge in [-0.15, -0.1) is 0 Å². The Hall–Kier alpha value is -1.85. The van der Waals surface area contributed by atoms with Crippen molar-refractivity contribution in [3.8, 4) is 5.75 Å². The minimum absolute atomic E-state index is 0.633. The fourth-order valence-electron chi connectivity index (χ4n) is 0.985. The number of halogens is 4. The molecular weight excluding hydrogens is 228 g/mol. The first-order valence-corrected chi connectivity index (χ1v) is 4.07. The monoisotopic (exact) mass is 234 g/mol. The van der Waals surface area contributed by atoms with Crippen LogP contribution in [-0.4, -0.2) is 5.97 Å². The zero-order valence-corrected chi connectivity index (χ0v) is 8.11. The molecule has 0 radical (unpaired) electrons. The lowest BCUT2D eigenvalue weighted by Crippen LogP contribution is -2.10. The zero-order valence-electron chi connectivity index (χ0n) is 8.11. The van der Waals surface area contributed by atoms with Gasteiger partial charge < -0.3 is 4.74 Å². The average molecular weight is 234 g/mol. The van der Waals surface area contributed by atoms with E-state index in [-0.39, 0.29) is 0 Å². The topological polar surface area (TPSA) is 26.3 Å². The lowest BCUT2D eigenvalue weighted by molar-refractivity contribution is -0.129. The Morgan fingerprint density at radius 1 is 1.12 bits per heavy atom. The molecular formula is C10H6F4O2. The molecule has 0 saturated carbocycles. The van der Waals surface area contributed by atoms with E-state index in [9.17, 15) is 22.4 Å². The summed E-state index contributed by atoms with van der Waals surface area (Å²) in [6.45, 7) is 3.97. The van der Waals surface area contributed by atoms with Crippen LogP contribution in [0.3, 0.4) is 0 Å². The van der Waals surface area contributed by atoms with Gasteiger partial charge in [0.05, 0.1) is 0 Å². The van der Waals surface area contributed by atoms with Crippen LogP contribution in [0.4, 0.5) is 17.6 Å². The lowest BCUT2D eigenvalue weighted by atomic mass is 10.2. The maximum atomic E-state index is 13.1. The van der Waals surface area contributed by atoms with Crippen LogP contribution in [0.25, 0.3) is 0 Å². The second-order valence-electron chi connectivity index (χ2n) is 2.84. The van der Waals surface area contributed by atoms with Gasteiger partial charge in [0.1, 0.15) is 0 Å². The number of benzene rings is 1. The first kappa shape index (κ1) is 12.2. The number of esters is 1. The number of ether oxygens (including phenoxy) is 1. The van der Waals surface area contributed by atoms with E-state index in [1.54, 1.807) is 0 Å². The Bertz CT molecular complexity index is 439. The van der Waals surface area contributed by atoms with Gasteiger partial charge >= 0.3 is 5.97 Å². The summed E-state index contributed by atoms with van der Waals surface area (Å²) in [5, 5.41) is 0. The third-order valence-corrected chi connectivity index (χ3v) is 1.82. The van der Waals surface area contributed by atoms with Gasteiger partial charge in [-0.2, -0.15) is 4.39 Å². The Morgan fingerprint density at radius 3 is 2.12 bits per heavy atom. The van der Waals surface area contributed by atoms with Gasteiger partial charge in [0.15, 0.2) is 17.4 Å². The van der Waals surface area contributed by atoms with E-state index in [0.29, 0.717) is 6.08 Å². The van der Waals surface area contributed by atoms with Crippen molar-refractivity contribution >= 4 is 5.97 Å². The quantitative estimate of drug-likeness (QED) is 0.196. The zero-order chi connectivity index (χ0) is 12.5. The molecule has 0 bridgehead atoms. The molecule has 0 N–H and O–H groups in total. The Balaban J connectivity index is 3.39. The van der Waals surface area contributed by atoms with E-state index in [1.165, 1.54) is 0 Å². The fourth-order valence-corrected chi connectivity index (χ4v) is 0.985. The molecule has 0 fully saturated rings. The molecule has 16 heavy (non-hydrogen) atoms. The van der Waals surface area contributed by atoms with Gasteiger partial charge in [-0.05, 0) is 6.92 Å². The summed E-state index contributed by atoms with van der Waals surface area (Å²) in [6, 6.07) is 0. The molecule has 1 rings (SSSR count). The third-order valence-electron chi connectivity index (χ3n) is 1.82. The second-order valence-corrected chi connectivity index (χ2v) is 2.84.